The number of methoxy groups -OCH3 is 2. The quantitative estimate of drug-likeness (QED) is 0.522. The van der Waals surface area contributed by atoms with Gasteiger partial charge < -0.3 is 19.4 Å². The minimum Gasteiger partial charge on any atom is -0.493 e. The highest BCUT2D eigenvalue weighted by molar-refractivity contribution is 5.92. The lowest BCUT2D eigenvalue weighted by Gasteiger charge is -2.24. The number of aromatic nitrogens is 2. The molecule has 0 unspecified atom stereocenters. The van der Waals surface area contributed by atoms with E-state index in [9.17, 15) is 9.18 Å². The number of aryl methyl sites for hydroxylation is 2. The van der Waals surface area contributed by atoms with Crippen LogP contribution < -0.4 is 19.7 Å². The van der Waals surface area contributed by atoms with Gasteiger partial charge in [-0.25, -0.2) is 14.2 Å². The van der Waals surface area contributed by atoms with E-state index < -0.39 is 0 Å². The fraction of sp³-hybridized carbons (Fsp3) is 0.304. The number of hydrogen-bond donors (Lipinski definition) is 1. The Morgan fingerprint density at radius 3 is 2.65 bits per heavy atom. The molecule has 1 N–H and O–H groups in total. The summed E-state index contributed by atoms with van der Waals surface area (Å²) < 4.78 is 26.4. The summed E-state index contributed by atoms with van der Waals surface area (Å²) in [6.07, 6.45) is 4.33. The van der Waals surface area contributed by atoms with Crippen LogP contribution in [0.25, 0.3) is 0 Å². The van der Waals surface area contributed by atoms with Crippen LogP contribution in [-0.2, 0) is 13.1 Å². The number of rotatable bonds is 9. The van der Waals surface area contributed by atoms with E-state index in [0.717, 1.165) is 18.7 Å². The number of imidazole rings is 1. The van der Waals surface area contributed by atoms with Crippen molar-refractivity contribution in [3.63, 3.8) is 0 Å². The minimum atomic E-state index is -0.346. The average molecular weight is 426 g/mol. The summed E-state index contributed by atoms with van der Waals surface area (Å²) in [6, 6.07) is 11.2. The van der Waals surface area contributed by atoms with Gasteiger partial charge in [-0.05, 0) is 43.2 Å². The standard InChI is InChI=1S/C23H27FN4O3/c1-17-14-25-16-27(17)11-5-10-26-23(29)28(15-18-6-4-7-19(24)12-18)20-8-9-21(30-2)22(13-20)31-3/h4,6-9,12-14,16H,5,10-11,15H2,1-3H3,(H,26,29). The summed E-state index contributed by atoms with van der Waals surface area (Å²) in [7, 11) is 3.09. The second-order valence-electron chi connectivity index (χ2n) is 7.07. The summed E-state index contributed by atoms with van der Waals surface area (Å²) in [4.78, 5) is 18.7. The highest BCUT2D eigenvalue weighted by Crippen LogP contribution is 2.32. The molecule has 3 rings (SSSR count). The minimum absolute atomic E-state index is 0.208. The molecule has 0 saturated carbocycles. The predicted octanol–water partition coefficient (Wildman–Crippen LogP) is 4.15. The monoisotopic (exact) mass is 426 g/mol. The van der Waals surface area contributed by atoms with Crippen molar-refractivity contribution in [2.75, 3.05) is 25.7 Å². The number of nitrogens with one attached hydrogen (secondary N) is 1. The van der Waals surface area contributed by atoms with Crippen LogP contribution in [0.1, 0.15) is 17.7 Å². The topological polar surface area (TPSA) is 68.6 Å². The van der Waals surface area contributed by atoms with Crippen molar-refractivity contribution in [1.29, 1.82) is 0 Å². The second kappa shape index (κ2) is 10.5. The molecule has 0 saturated heterocycles. The molecule has 7 nitrogen and oxygen atoms in total. The molecule has 0 spiro atoms. The van der Waals surface area contributed by atoms with Gasteiger partial charge in [0, 0.05) is 36.7 Å². The summed E-state index contributed by atoms with van der Waals surface area (Å²) in [5.74, 6) is 0.724. The molecule has 0 radical (unpaired) electrons. The molecule has 0 aliphatic carbocycles. The molecule has 1 heterocycles. The van der Waals surface area contributed by atoms with Gasteiger partial charge in [-0.2, -0.15) is 0 Å². The van der Waals surface area contributed by atoms with Gasteiger partial charge in [0.1, 0.15) is 5.82 Å². The number of anilines is 1. The second-order valence-corrected chi connectivity index (χ2v) is 7.07. The molecular formula is C23H27FN4O3. The Morgan fingerprint density at radius 2 is 1.97 bits per heavy atom. The first-order valence-electron chi connectivity index (χ1n) is 10.0. The summed E-state index contributed by atoms with van der Waals surface area (Å²) in [5.41, 5.74) is 2.37. The molecule has 0 fully saturated rings. The maximum absolute atomic E-state index is 13.7. The van der Waals surface area contributed by atoms with Gasteiger partial charge in [-0.15, -0.1) is 0 Å². The molecule has 0 aliphatic heterocycles. The maximum atomic E-state index is 13.7. The number of urea groups is 1. The van der Waals surface area contributed by atoms with Gasteiger partial charge in [0.25, 0.3) is 0 Å². The zero-order valence-electron chi connectivity index (χ0n) is 18.0. The Morgan fingerprint density at radius 1 is 1.16 bits per heavy atom. The van der Waals surface area contributed by atoms with Gasteiger partial charge in [0.05, 0.1) is 27.1 Å². The highest BCUT2D eigenvalue weighted by Gasteiger charge is 2.18. The van der Waals surface area contributed by atoms with Crippen molar-refractivity contribution >= 4 is 11.7 Å². The summed E-state index contributed by atoms with van der Waals surface area (Å²) >= 11 is 0. The van der Waals surface area contributed by atoms with Gasteiger partial charge in [0.15, 0.2) is 11.5 Å². The maximum Gasteiger partial charge on any atom is 0.322 e. The van der Waals surface area contributed by atoms with E-state index in [1.165, 1.54) is 19.2 Å². The molecule has 2 aromatic carbocycles. The fourth-order valence-corrected chi connectivity index (χ4v) is 3.25. The van der Waals surface area contributed by atoms with Crippen molar-refractivity contribution in [3.8, 4) is 11.5 Å². The van der Waals surface area contributed by atoms with Crippen molar-refractivity contribution in [2.45, 2.75) is 26.4 Å². The van der Waals surface area contributed by atoms with Crippen LogP contribution in [0.5, 0.6) is 11.5 Å². The zero-order valence-corrected chi connectivity index (χ0v) is 18.0. The van der Waals surface area contributed by atoms with E-state index in [1.54, 1.807) is 54.9 Å². The fourth-order valence-electron chi connectivity index (χ4n) is 3.25. The van der Waals surface area contributed by atoms with Crippen molar-refractivity contribution in [3.05, 3.63) is 72.1 Å². The number of hydrogen-bond acceptors (Lipinski definition) is 4. The number of ether oxygens (including phenoxy) is 2. The number of nitrogens with zero attached hydrogens (tertiary/aromatic N) is 3. The average Bonchev–Trinajstić information content (AvgIpc) is 3.19. The third kappa shape index (κ3) is 5.75. The molecule has 1 aromatic heterocycles. The van der Waals surface area contributed by atoms with E-state index in [4.69, 9.17) is 9.47 Å². The first-order valence-corrected chi connectivity index (χ1v) is 10.0. The summed E-state index contributed by atoms with van der Waals surface area (Å²) in [6.45, 7) is 3.44. The van der Waals surface area contributed by atoms with Crippen LogP contribution in [0.4, 0.5) is 14.9 Å². The lowest BCUT2D eigenvalue weighted by molar-refractivity contribution is 0.245. The number of carbonyl (C=O) groups is 1. The van der Waals surface area contributed by atoms with Gasteiger partial charge >= 0.3 is 6.03 Å². The van der Waals surface area contributed by atoms with Crippen molar-refractivity contribution < 1.29 is 18.7 Å². The first kappa shape index (κ1) is 22.1. The van der Waals surface area contributed by atoms with E-state index in [-0.39, 0.29) is 18.4 Å². The van der Waals surface area contributed by atoms with Gasteiger partial charge in [0.2, 0.25) is 0 Å². The zero-order chi connectivity index (χ0) is 22.2. The Labute approximate surface area is 181 Å². The third-order valence-corrected chi connectivity index (χ3v) is 4.93. The Bertz CT molecular complexity index is 1020. The van der Waals surface area contributed by atoms with Gasteiger partial charge in [-0.1, -0.05) is 12.1 Å². The van der Waals surface area contributed by atoms with Crippen LogP contribution in [0, 0.1) is 12.7 Å². The number of halogens is 1. The smallest absolute Gasteiger partial charge is 0.322 e. The molecule has 31 heavy (non-hydrogen) atoms. The molecule has 2 amide bonds. The highest BCUT2D eigenvalue weighted by atomic mass is 19.1. The molecule has 8 heteroatoms. The van der Waals surface area contributed by atoms with Crippen LogP contribution in [-0.4, -0.2) is 36.3 Å². The van der Waals surface area contributed by atoms with Crippen LogP contribution >= 0.6 is 0 Å². The number of amides is 2. The van der Waals surface area contributed by atoms with Crippen LogP contribution in [0.15, 0.2) is 55.0 Å². The third-order valence-electron chi connectivity index (χ3n) is 4.93. The number of benzene rings is 2. The van der Waals surface area contributed by atoms with Crippen molar-refractivity contribution in [1.82, 2.24) is 14.9 Å². The van der Waals surface area contributed by atoms with Gasteiger partial charge in [-0.3, -0.25) is 4.90 Å². The molecule has 3 aromatic rings. The van der Waals surface area contributed by atoms with E-state index >= 15 is 0 Å². The van der Waals surface area contributed by atoms with Crippen LogP contribution in [0.2, 0.25) is 0 Å². The molecular weight excluding hydrogens is 399 g/mol. The summed E-state index contributed by atoms with van der Waals surface area (Å²) in [5, 5.41) is 2.95. The SMILES string of the molecule is COc1ccc(N(Cc2cccc(F)c2)C(=O)NCCCn2cncc2C)cc1OC. The predicted molar refractivity (Wildman–Crippen MR) is 117 cm³/mol. The largest absolute Gasteiger partial charge is 0.493 e. The van der Waals surface area contributed by atoms with Crippen molar-refractivity contribution in [2.24, 2.45) is 0 Å². The lowest BCUT2D eigenvalue weighted by Crippen LogP contribution is -2.40. The van der Waals surface area contributed by atoms with E-state index in [1.807, 2.05) is 11.5 Å². The molecule has 164 valence electrons. The first-order chi connectivity index (χ1) is 15.0. The Hall–Kier alpha value is -3.55. The Kier molecular flexibility index (Phi) is 7.48. The van der Waals surface area contributed by atoms with Crippen LogP contribution in [0.3, 0.4) is 0 Å². The molecule has 0 aliphatic rings. The lowest BCUT2D eigenvalue weighted by atomic mass is 10.2. The molecule has 0 atom stereocenters. The van der Waals surface area contributed by atoms with E-state index in [0.29, 0.717) is 29.3 Å². The van der Waals surface area contributed by atoms with E-state index in [2.05, 4.69) is 10.3 Å². The molecule has 0 bridgehead atoms. The number of carbonyl (C=O) groups excluding carboxylic acids is 1. The normalized spacial score (nSPS) is 10.6. The Balaban J connectivity index is 1.74.